The molecule has 0 unspecified atom stereocenters. The number of hydrogen-bond acceptors (Lipinski definition) is 4. The normalized spacial score (nSPS) is 20.6. The predicted molar refractivity (Wildman–Crippen MR) is 93.8 cm³/mol. The van der Waals surface area contributed by atoms with Crippen molar-refractivity contribution in [3.8, 4) is 0 Å². The molecule has 0 bridgehead atoms. The Kier molecular flexibility index (Phi) is 4.57. The van der Waals surface area contributed by atoms with Crippen molar-refractivity contribution in [2.24, 2.45) is 11.7 Å². The molecule has 1 aliphatic heterocycles. The number of nitrogens with zero attached hydrogens (tertiary/aromatic N) is 3. The van der Waals surface area contributed by atoms with E-state index in [4.69, 9.17) is 5.73 Å². The third kappa shape index (κ3) is 3.26. The molecule has 2 heterocycles. The van der Waals surface area contributed by atoms with E-state index in [0.29, 0.717) is 23.9 Å². The summed E-state index contributed by atoms with van der Waals surface area (Å²) in [6.07, 6.45) is 2.83. The smallest absolute Gasteiger partial charge is 0.261 e. The zero-order valence-corrected chi connectivity index (χ0v) is 14.4. The SMILES string of the molecule is Cc1cccc2c(=O)n(CC(=O)N3C[C@H](C(N)=O)CC[C@H]3C)cnc12. The summed E-state index contributed by atoms with van der Waals surface area (Å²) >= 11 is 0. The van der Waals surface area contributed by atoms with Crippen LogP contribution in [-0.4, -0.2) is 38.9 Å². The van der Waals surface area contributed by atoms with E-state index in [-0.39, 0.29) is 35.9 Å². The van der Waals surface area contributed by atoms with E-state index < -0.39 is 0 Å². The number of likely N-dealkylation sites (tertiary alicyclic amines) is 1. The lowest BCUT2D eigenvalue weighted by atomic mass is 9.93. The fourth-order valence-electron chi connectivity index (χ4n) is 3.37. The van der Waals surface area contributed by atoms with Gasteiger partial charge < -0.3 is 10.6 Å². The van der Waals surface area contributed by atoms with E-state index in [1.807, 2.05) is 19.9 Å². The number of nitrogens with two attached hydrogens (primary N) is 1. The summed E-state index contributed by atoms with van der Waals surface area (Å²) in [5.41, 5.74) is 6.72. The van der Waals surface area contributed by atoms with Crippen LogP contribution in [0.4, 0.5) is 0 Å². The van der Waals surface area contributed by atoms with Gasteiger partial charge in [-0.3, -0.25) is 19.0 Å². The number of carbonyl (C=O) groups excluding carboxylic acids is 2. The fraction of sp³-hybridized carbons (Fsp3) is 0.444. The standard InChI is InChI=1S/C18H22N4O3/c1-11-4-3-5-14-16(11)20-10-21(18(14)25)9-15(23)22-8-13(17(19)24)7-6-12(22)2/h3-5,10,12-13H,6-9H2,1-2H3,(H2,19,24)/t12-,13-/m1/s1. The van der Waals surface area contributed by atoms with E-state index >= 15 is 0 Å². The van der Waals surface area contributed by atoms with E-state index in [2.05, 4.69) is 4.98 Å². The van der Waals surface area contributed by atoms with Crippen molar-refractivity contribution >= 4 is 22.7 Å². The van der Waals surface area contributed by atoms with Crippen LogP contribution in [-0.2, 0) is 16.1 Å². The highest BCUT2D eigenvalue weighted by Gasteiger charge is 2.31. The first-order chi connectivity index (χ1) is 11.9. The minimum Gasteiger partial charge on any atom is -0.369 e. The van der Waals surface area contributed by atoms with Crippen molar-refractivity contribution in [3.63, 3.8) is 0 Å². The van der Waals surface area contributed by atoms with Crippen LogP contribution in [0, 0.1) is 12.8 Å². The molecule has 1 aliphatic rings. The Morgan fingerprint density at radius 2 is 2.08 bits per heavy atom. The Balaban J connectivity index is 1.85. The molecule has 25 heavy (non-hydrogen) atoms. The molecule has 0 spiro atoms. The van der Waals surface area contributed by atoms with Gasteiger partial charge in [-0.2, -0.15) is 0 Å². The van der Waals surface area contributed by atoms with Crippen LogP contribution in [0.5, 0.6) is 0 Å². The number of rotatable bonds is 3. The summed E-state index contributed by atoms with van der Waals surface area (Å²) in [6.45, 7) is 4.05. The number of primary amides is 1. The summed E-state index contributed by atoms with van der Waals surface area (Å²) in [6, 6.07) is 5.43. The van der Waals surface area contributed by atoms with Gasteiger partial charge in [0.05, 0.1) is 23.1 Å². The van der Waals surface area contributed by atoms with Crippen molar-refractivity contribution < 1.29 is 9.59 Å². The first-order valence-electron chi connectivity index (χ1n) is 8.42. The zero-order chi connectivity index (χ0) is 18.1. The lowest BCUT2D eigenvalue weighted by Crippen LogP contribution is -2.50. The number of fused-ring (bicyclic) bond motifs is 1. The Labute approximate surface area is 145 Å². The number of amides is 2. The summed E-state index contributed by atoms with van der Waals surface area (Å²) < 4.78 is 1.32. The van der Waals surface area contributed by atoms with Crippen molar-refractivity contribution in [2.75, 3.05) is 6.54 Å². The van der Waals surface area contributed by atoms with Crippen LogP contribution in [0.15, 0.2) is 29.3 Å². The number of benzene rings is 1. The summed E-state index contributed by atoms with van der Waals surface area (Å²) in [4.78, 5) is 42.7. The maximum Gasteiger partial charge on any atom is 0.261 e. The Morgan fingerprint density at radius 1 is 1.32 bits per heavy atom. The fourth-order valence-corrected chi connectivity index (χ4v) is 3.37. The van der Waals surface area contributed by atoms with Gasteiger partial charge in [0, 0.05) is 12.6 Å². The molecule has 1 fully saturated rings. The van der Waals surface area contributed by atoms with Crippen molar-refractivity contribution in [1.82, 2.24) is 14.5 Å². The van der Waals surface area contributed by atoms with Crippen molar-refractivity contribution in [3.05, 3.63) is 40.4 Å². The van der Waals surface area contributed by atoms with Crippen LogP contribution < -0.4 is 11.3 Å². The van der Waals surface area contributed by atoms with Crippen LogP contribution in [0.25, 0.3) is 10.9 Å². The molecule has 7 heteroatoms. The average molecular weight is 342 g/mol. The lowest BCUT2D eigenvalue weighted by molar-refractivity contribution is -0.138. The van der Waals surface area contributed by atoms with Gasteiger partial charge >= 0.3 is 0 Å². The molecule has 1 saturated heterocycles. The van der Waals surface area contributed by atoms with Gasteiger partial charge in [-0.1, -0.05) is 12.1 Å². The Hall–Kier alpha value is -2.70. The highest BCUT2D eigenvalue weighted by molar-refractivity contribution is 5.82. The minimum atomic E-state index is -0.385. The first kappa shape index (κ1) is 17.1. The van der Waals surface area contributed by atoms with Crippen LogP contribution in [0.3, 0.4) is 0 Å². The molecular formula is C18H22N4O3. The molecular weight excluding hydrogens is 320 g/mol. The molecule has 0 radical (unpaired) electrons. The molecule has 1 aromatic heterocycles. The monoisotopic (exact) mass is 342 g/mol. The maximum atomic E-state index is 12.7. The molecule has 2 atom stereocenters. The Bertz CT molecular complexity index is 890. The third-order valence-corrected chi connectivity index (χ3v) is 4.97. The van der Waals surface area contributed by atoms with Gasteiger partial charge in [-0.15, -0.1) is 0 Å². The third-order valence-electron chi connectivity index (χ3n) is 4.97. The van der Waals surface area contributed by atoms with Crippen molar-refractivity contribution in [1.29, 1.82) is 0 Å². The Morgan fingerprint density at radius 3 is 2.80 bits per heavy atom. The van der Waals surface area contributed by atoms with E-state index in [9.17, 15) is 14.4 Å². The maximum absolute atomic E-state index is 12.7. The van der Waals surface area contributed by atoms with Crippen LogP contribution in [0.2, 0.25) is 0 Å². The second-order valence-corrected chi connectivity index (χ2v) is 6.72. The van der Waals surface area contributed by atoms with Crippen molar-refractivity contribution in [2.45, 2.75) is 39.3 Å². The zero-order valence-electron chi connectivity index (χ0n) is 14.4. The predicted octanol–water partition coefficient (Wildman–Crippen LogP) is 0.817. The largest absolute Gasteiger partial charge is 0.369 e. The molecule has 2 N–H and O–H groups in total. The highest BCUT2D eigenvalue weighted by Crippen LogP contribution is 2.22. The summed E-state index contributed by atoms with van der Waals surface area (Å²) in [5.74, 6) is -0.909. The van der Waals surface area contributed by atoms with E-state index in [1.165, 1.54) is 10.9 Å². The number of hydrogen-bond donors (Lipinski definition) is 1. The van der Waals surface area contributed by atoms with E-state index in [1.54, 1.807) is 17.0 Å². The molecule has 2 amide bonds. The molecule has 7 nitrogen and oxygen atoms in total. The molecule has 2 aromatic rings. The number of aromatic nitrogens is 2. The molecule has 0 saturated carbocycles. The lowest BCUT2D eigenvalue weighted by Gasteiger charge is -2.37. The number of aryl methyl sites for hydroxylation is 1. The first-order valence-corrected chi connectivity index (χ1v) is 8.42. The summed E-state index contributed by atoms with van der Waals surface area (Å²) in [7, 11) is 0. The average Bonchev–Trinajstić information content (AvgIpc) is 2.58. The van der Waals surface area contributed by atoms with Crippen LogP contribution >= 0.6 is 0 Å². The minimum absolute atomic E-state index is 0.0227. The van der Waals surface area contributed by atoms with Gasteiger partial charge in [0.2, 0.25) is 11.8 Å². The molecule has 0 aliphatic carbocycles. The van der Waals surface area contributed by atoms with Gasteiger partial charge in [0.1, 0.15) is 6.54 Å². The number of para-hydroxylation sites is 1. The molecule has 1 aromatic carbocycles. The summed E-state index contributed by atoms with van der Waals surface area (Å²) in [5, 5.41) is 0.497. The number of carbonyl (C=O) groups is 2. The van der Waals surface area contributed by atoms with Gasteiger partial charge in [-0.25, -0.2) is 4.98 Å². The van der Waals surface area contributed by atoms with E-state index in [0.717, 1.165) is 12.0 Å². The van der Waals surface area contributed by atoms with Crippen LogP contribution in [0.1, 0.15) is 25.3 Å². The molecule has 132 valence electrons. The number of piperidine rings is 1. The second-order valence-electron chi connectivity index (χ2n) is 6.72. The molecule has 3 rings (SSSR count). The topological polar surface area (TPSA) is 98.3 Å². The quantitative estimate of drug-likeness (QED) is 0.892. The van der Waals surface area contributed by atoms with Gasteiger partial charge in [0.15, 0.2) is 0 Å². The highest BCUT2D eigenvalue weighted by atomic mass is 16.2. The second kappa shape index (κ2) is 6.66. The van der Waals surface area contributed by atoms with Gasteiger partial charge in [-0.05, 0) is 38.3 Å². The van der Waals surface area contributed by atoms with Gasteiger partial charge in [0.25, 0.3) is 5.56 Å².